The standard InChI is InChI=1S/C29H35N3O5/c1-4-16-35-21-24(33)18-31(19-25-13-10-17-36-25)20-26-22(2)30-32(23-11-6-5-7-12-23)29(26)37-28-15-9-8-14-27(28)34-3/h1,5-9,11-12,14-15,24-25,33H,10,13,16-21H2,2-3H3. The molecular formula is C29H35N3O5. The lowest BCUT2D eigenvalue weighted by Crippen LogP contribution is -2.39. The molecule has 37 heavy (non-hydrogen) atoms. The van der Waals surface area contributed by atoms with Crippen LogP contribution in [0.3, 0.4) is 0 Å². The highest BCUT2D eigenvalue weighted by molar-refractivity contribution is 5.47. The number of rotatable bonds is 13. The van der Waals surface area contributed by atoms with Gasteiger partial charge in [-0.15, -0.1) is 6.42 Å². The van der Waals surface area contributed by atoms with Crippen LogP contribution >= 0.6 is 0 Å². The number of aryl methyl sites for hydroxylation is 1. The van der Waals surface area contributed by atoms with Crippen LogP contribution in [0.5, 0.6) is 17.4 Å². The Balaban J connectivity index is 1.66. The molecule has 1 aliphatic heterocycles. The van der Waals surface area contributed by atoms with Gasteiger partial charge in [0.1, 0.15) is 6.61 Å². The Labute approximate surface area is 218 Å². The summed E-state index contributed by atoms with van der Waals surface area (Å²) in [6, 6.07) is 17.4. The molecule has 1 fully saturated rings. The van der Waals surface area contributed by atoms with Crippen molar-refractivity contribution in [3.05, 3.63) is 65.9 Å². The van der Waals surface area contributed by atoms with Crippen molar-refractivity contribution in [3.8, 4) is 35.4 Å². The van der Waals surface area contributed by atoms with E-state index in [1.54, 1.807) is 7.11 Å². The molecule has 1 N–H and O–H groups in total. The van der Waals surface area contributed by atoms with Gasteiger partial charge >= 0.3 is 0 Å². The Hall–Kier alpha value is -3.35. The first-order valence-corrected chi connectivity index (χ1v) is 12.6. The summed E-state index contributed by atoms with van der Waals surface area (Å²) in [6.07, 6.45) is 6.73. The predicted octanol–water partition coefficient (Wildman–Crippen LogP) is 3.97. The fourth-order valence-corrected chi connectivity index (χ4v) is 4.48. The molecule has 0 radical (unpaired) electrons. The topological polar surface area (TPSA) is 78.2 Å². The van der Waals surface area contributed by atoms with Gasteiger partial charge in [-0.25, -0.2) is 4.68 Å². The Morgan fingerprint density at radius 2 is 1.95 bits per heavy atom. The lowest BCUT2D eigenvalue weighted by Gasteiger charge is -2.27. The first-order valence-electron chi connectivity index (χ1n) is 12.6. The normalized spacial score (nSPS) is 16.0. The van der Waals surface area contributed by atoms with E-state index < -0.39 is 6.10 Å². The van der Waals surface area contributed by atoms with Crippen LogP contribution in [0.4, 0.5) is 0 Å². The zero-order valence-electron chi connectivity index (χ0n) is 21.5. The average Bonchev–Trinajstić information content (AvgIpc) is 3.53. The predicted molar refractivity (Wildman–Crippen MR) is 141 cm³/mol. The second-order valence-electron chi connectivity index (χ2n) is 9.07. The van der Waals surface area contributed by atoms with Crippen LogP contribution < -0.4 is 9.47 Å². The smallest absolute Gasteiger partial charge is 0.227 e. The van der Waals surface area contributed by atoms with Crippen LogP contribution in [0.2, 0.25) is 0 Å². The van der Waals surface area contributed by atoms with Crippen LogP contribution in [0.25, 0.3) is 5.69 Å². The molecule has 0 spiro atoms. The van der Waals surface area contributed by atoms with Gasteiger partial charge < -0.3 is 24.1 Å². The Morgan fingerprint density at radius 1 is 1.19 bits per heavy atom. The molecule has 2 atom stereocenters. The van der Waals surface area contributed by atoms with E-state index >= 15 is 0 Å². The number of para-hydroxylation sites is 3. The summed E-state index contributed by atoms with van der Waals surface area (Å²) in [5.41, 5.74) is 2.64. The summed E-state index contributed by atoms with van der Waals surface area (Å²) in [5.74, 6) is 4.26. The minimum absolute atomic E-state index is 0.113. The minimum Gasteiger partial charge on any atom is -0.493 e. The second kappa shape index (κ2) is 13.3. The van der Waals surface area contributed by atoms with E-state index in [0.29, 0.717) is 37.0 Å². The van der Waals surface area contributed by atoms with E-state index in [9.17, 15) is 5.11 Å². The molecule has 4 rings (SSSR count). The molecule has 196 valence electrons. The summed E-state index contributed by atoms with van der Waals surface area (Å²) < 4.78 is 25.1. The molecule has 1 aliphatic rings. The lowest BCUT2D eigenvalue weighted by molar-refractivity contribution is 0.00935. The summed E-state index contributed by atoms with van der Waals surface area (Å²) in [7, 11) is 1.62. The third-order valence-corrected chi connectivity index (χ3v) is 6.25. The molecular weight excluding hydrogens is 470 g/mol. The van der Waals surface area contributed by atoms with Gasteiger partial charge in [-0.05, 0) is 44.0 Å². The van der Waals surface area contributed by atoms with Crippen LogP contribution in [0.1, 0.15) is 24.1 Å². The summed E-state index contributed by atoms with van der Waals surface area (Å²) >= 11 is 0. The lowest BCUT2D eigenvalue weighted by atomic mass is 10.1. The van der Waals surface area contributed by atoms with Gasteiger partial charge in [0, 0.05) is 26.2 Å². The molecule has 0 saturated carbocycles. The SMILES string of the molecule is C#CCOCC(O)CN(Cc1c(C)nn(-c2ccccc2)c1Oc1ccccc1OC)CC1CCCO1. The van der Waals surface area contributed by atoms with Gasteiger partial charge in [-0.2, -0.15) is 5.10 Å². The zero-order chi connectivity index (χ0) is 26.0. The van der Waals surface area contributed by atoms with Gasteiger partial charge in [-0.1, -0.05) is 36.3 Å². The summed E-state index contributed by atoms with van der Waals surface area (Å²) in [4.78, 5) is 2.17. The number of terminal acetylenes is 1. The van der Waals surface area contributed by atoms with Crippen molar-refractivity contribution in [1.82, 2.24) is 14.7 Å². The van der Waals surface area contributed by atoms with Crippen LogP contribution in [-0.4, -0.2) is 72.0 Å². The Kier molecular flexibility index (Phi) is 9.58. The molecule has 0 amide bonds. The largest absolute Gasteiger partial charge is 0.493 e. The van der Waals surface area contributed by atoms with Crippen molar-refractivity contribution in [3.63, 3.8) is 0 Å². The molecule has 8 nitrogen and oxygen atoms in total. The van der Waals surface area contributed by atoms with Crippen molar-refractivity contribution in [1.29, 1.82) is 0 Å². The zero-order valence-corrected chi connectivity index (χ0v) is 21.5. The quantitative estimate of drug-likeness (QED) is 0.278. The number of aromatic nitrogens is 2. The molecule has 8 heteroatoms. The highest BCUT2D eigenvalue weighted by Crippen LogP contribution is 2.36. The number of ether oxygens (including phenoxy) is 4. The summed E-state index contributed by atoms with van der Waals surface area (Å²) in [6.45, 7) is 4.65. The molecule has 1 saturated heterocycles. The average molecular weight is 506 g/mol. The summed E-state index contributed by atoms with van der Waals surface area (Å²) in [5, 5.41) is 15.5. The van der Waals surface area contributed by atoms with Crippen LogP contribution in [0.15, 0.2) is 54.6 Å². The van der Waals surface area contributed by atoms with Crippen molar-refractivity contribution in [2.75, 3.05) is 40.0 Å². The Bertz CT molecular complexity index is 1170. The maximum absolute atomic E-state index is 10.7. The van der Waals surface area contributed by atoms with Crippen molar-refractivity contribution in [2.24, 2.45) is 0 Å². The monoisotopic (exact) mass is 505 g/mol. The van der Waals surface area contributed by atoms with Crippen molar-refractivity contribution >= 4 is 0 Å². The molecule has 0 bridgehead atoms. The second-order valence-corrected chi connectivity index (χ2v) is 9.07. The van der Waals surface area contributed by atoms with Crippen LogP contribution in [0, 0.1) is 19.3 Å². The van der Waals surface area contributed by atoms with E-state index in [-0.39, 0.29) is 19.3 Å². The fraction of sp³-hybridized carbons (Fsp3) is 0.414. The van der Waals surface area contributed by atoms with E-state index in [1.165, 1.54) is 0 Å². The van der Waals surface area contributed by atoms with Gasteiger partial charge in [0.15, 0.2) is 11.5 Å². The van der Waals surface area contributed by atoms with E-state index in [4.69, 9.17) is 30.5 Å². The number of hydrogen-bond acceptors (Lipinski definition) is 7. The molecule has 3 aromatic rings. The molecule has 0 aliphatic carbocycles. The molecule has 2 heterocycles. The number of aliphatic hydroxyl groups excluding tert-OH is 1. The van der Waals surface area contributed by atoms with Gasteiger partial charge in [0.25, 0.3) is 0 Å². The van der Waals surface area contributed by atoms with Crippen LogP contribution in [-0.2, 0) is 16.0 Å². The van der Waals surface area contributed by atoms with E-state index in [0.717, 1.165) is 36.4 Å². The highest BCUT2D eigenvalue weighted by atomic mass is 16.5. The highest BCUT2D eigenvalue weighted by Gasteiger charge is 2.26. The van der Waals surface area contributed by atoms with E-state index in [2.05, 4.69) is 10.8 Å². The number of aliphatic hydroxyl groups is 1. The number of nitrogens with zero attached hydrogens (tertiary/aromatic N) is 3. The number of methoxy groups -OCH3 is 1. The van der Waals surface area contributed by atoms with Gasteiger partial charge in [0.2, 0.25) is 5.88 Å². The first-order chi connectivity index (χ1) is 18.1. The molecule has 2 aromatic carbocycles. The maximum atomic E-state index is 10.7. The van der Waals surface area contributed by atoms with Gasteiger partial charge in [0.05, 0.1) is 42.9 Å². The Morgan fingerprint density at radius 3 is 2.65 bits per heavy atom. The molecule has 2 unspecified atom stereocenters. The fourth-order valence-electron chi connectivity index (χ4n) is 4.48. The van der Waals surface area contributed by atoms with Crippen molar-refractivity contribution < 1.29 is 24.1 Å². The maximum Gasteiger partial charge on any atom is 0.227 e. The third-order valence-electron chi connectivity index (χ3n) is 6.25. The molecule has 1 aromatic heterocycles. The third kappa shape index (κ3) is 7.12. The van der Waals surface area contributed by atoms with Gasteiger partial charge in [-0.3, -0.25) is 4.90 Å². The van der Waals surface area contributed by atoms with Crippen molar-refractivity contribution in [2.45, 2.75) is 38.5 Å². The van der Waals surface area contributed by atoms with E-state index in [1.807, 2.05) is 66.2 Å². The number of hydrogen-bond donors (Lipinski definition) is 1. The first kappa shape index (κ1) is 26.7. The minimum atomic E-state index is -0.696. The number of benzene rings is 2.